The van der Waals surface area contributed by atoms with Gasteiger partial charge in [-0.3, -0.25) is 0 Å². The molecule has 0 spiro atoms. The minimum Gasteiger partial charge on any atom is -0.397 e. The number of anilines is 1. The van der Waals surface area contributed by atoms with E-state index in [1.165, 1.54) is 0 Å². The summed E-state index contributed by atoms with van der Waals surface area (Å²) in [5.74, 6) is 0. The number of halogens is 2. The quantitative estimate of drug-likeness (QED) is 0.857. The van der Waals surface area contributed by atoms with Crippen molar-refractivity contribution in [3.63, 3.8) is 0 Å². The molecule has 0 unspecified atom stereocenters. The Kier molecular flexibility index (Phi) is 3.19. The molecular formula is C12H7Cl2N3. The molecule has 2 rings (SSSR count). The third-order valence-corrected chi connectivity index (χ3v) is 2.87. The van der Waals surface area contributed by atoms with Crippen LogP contribution in [0.15, 0.2) is 30.3 Å². The van der Waals surface area contributed by atoms with Gasteiger partial charge in [0.25, 0.3) is 0 Å². The van der Waals surface area contributed by atoms with Crippen LogP contribution >= 0.6 is 23.2 Å². The van der Waals surface area contributed by atoms with Gasteiger partial charge in [-0.05, 0) is 24.3 Å². The SMILES string of the molecule is N#Cc1ccc(N)c(-c2c(Cl)cccc2Cl)n1. The zero-order valence-corrected chi connectivity index (χ0v) is 10.1. The van der Waals surface area contributed by atoms with Crippen molar-refractivity contribution in [2.75, 3.05) is 5.73 Å². The third kappa shape index (κ3) is 2.19. The minimum absolute atomic E-state index is 0.269. The molecule has 0 amide bonds. The third-order valence-electron chi connectivity index (χ3n) is 2.24. The number of benzene rings is 1. The highest BCUT2D eigenvalue weighted by molar-refractivity contribution is 6.39. The molecule has 84 valence electrons. The number of nitrogens with two attached hydrogens (primary N) is 1. The van der Waals surface area contributed by atoms with E-state index in [1.54, 1.807) is 30.3 Å². The predicted octanol–water partition coefficient (Wildman–Crippen LogP) is 3.51. The Bertz CT molecular complexity index is 597. The summed E-state index contributed by atoms with van der Waals surface area (Å²) in [6.45, 7) is 0. The van der Waals surface area contributed by atoms with Gasteiger partial charge in [0, 0.05) is 5.56 Å². The van der Waals surface area contributed by atoms with E-state index in [4.69, 9.17) is 34.2 Å². The Morgan fingerprint density at radius 1 is 1.12 bits per heavy atom. The van der Waals surface area contributed by atoms with Gasteiger partial charge in [-0.1, -0.05) is 29.3 Å². The molecular weight excluding hydrogens is 257 g/mol. The lowest BCUT2D eigenvalue weighted by atomic mass is 10.1. The second-order valence-electron chi connectivity index (χ2n) is 3.34. The molecule has 0 atom stereocenters. The highest BCUT2D eigenvalue weighted by Gasteiger charge is 2.13. The number of nitrogens with zero attached hydrogens (tertiary/aromatic N) is 2. The molecule has 2 N–H and O–H groups in total. The number of rotatable bonds is 1. The summed E-state index contributed by atoms with van der Waals surface area (Å²) in [7, 11) is 0. The maximum Gasteiger partial charge on any atom is 0.141 e. The number of hydrogen-bond donors (Lipinski definition) is 1. The summed E-state index contributed by atoms with van der Waals surface area (Å²) >= 11 is 12.1. The first-order valence-corrected chi connectivity index (χ1v) is 5.50. The van der Waals surface area contributed by atoms with Crippen LogP contribution in [0.1, 0.15) is 5.69 Å². The fraction of sp³-hybridized carbons (Fsp3) is 0. The molecule has 17 heavy (non-hydrogen) atoms. The molecule has 0 aliphatic carbocycles. The van der Waals surface area contributed by atoms with E-state index in [-0.39, 0.29) is 5.69 Å². The molecule has 5 heteroatoms. The summed E-state index contributed by atoms with van der Waals surface area (Å²) in [5.41, 5.74) is 7.50. The maximum atomic E-state index is 8.82. The number of nitriles is 1. The molecule has 1 heterocycles. The Hall–Kier alpha value is -1.76. The van der Waals surface area contributed by atoms with E-state index >= 15 is 0 Å². The minimum atomic E-state index is 0.269. The first-order valence-electron chi connectivity index (χ1n) is 4.74. The fourth-order valence-corrected chi connectivity index (χ4v) is 2.03. The van der Waals surface area contributed by atoms with E-state index in [2.05, 4.69) is 4.98 Å². The largest absolute Gasteiger partial charge is 0.397 e. The first-order chi connectivity index (χ1) is 8.13. The van der Waals surface area contributed by atoms with Crippen LogP contribution in [0.2, 0.25) is 10.0 Å². The first kappa shape index (κ1) is 11.7. The van der Waals surface area contributed by atoms with E-state index in [9.17, 15) is 0 Å². The number of nitrogen functional groups attached to an aromatic ring is 1. The lowest BCUT2D eigenvalue weighted by molar-refractivity contribution is 1.27. The zero-order chi connectivity index (χ0) is 12.4. The van der Waals surface area contributed by atoms with Gasteiger partial charge in [-0.2, -0.15) is 5.26 Å². The van der Waals surface area contributed by atoms with E-state index in [0.29, 0.717) is 27.0 Å². The lowest BCUT2D eigenvalue weighted by Gasteiger charge is -2.08. The molecule has 0 saturated carbocycles. The van der Waals surface area contributed by atoms with Gasteiger partial charge < -0.3 is 5.73 Å². The van der Waals surface area contributed by atoms with E-state index in [0.717, 1.165) is 0 Å². The molecule has 0 fully saturated rings. The molecule has 2 aromatic rings. The molecule has 0 aliphatic heterocycles. The Labute approximate surface area is 108 Å². The van der Waals surface area contributed by atoms with Gasteiger partial charge >= 0.3 is 0 Å². The molecule has 0 saturated heterocycles. The number of pyridine rings is 1. The fourth-order valence-electron chi connectivity index (χ4n) is 1.46. The zero-order valence-electron chi connectivity index (χ0n) is 8.61. The van der Waals surface area contributed by atoms with Gasteiger partial charge in [0.1, 0.15) is 11.8 Å². The predicted molar refractivity (Wildman–Crippen MR) is 68.8 cm³/mol. The van der Waals surface area contributed by atoms with E-state index in [1.807, 2.05) is 6.07 Å². The summed E-state index contributed by atoms with van der Waals surface area (Å²) in [4.78, 5) is 4.13. The number of hydrogen-bond acceptors (Lipinski definition) is 3. The van der Waals surface area contributed by atoms with Crippen molar-refractivity contribution >= 4 is 28.9 Å². The van der Waals surface area contributed by atoms with Gasteiger partial charge in [-0.25, -0.2) is 4.98 Å². The Morgan fingerprint density at radius 2 is 1.76 bits per heavy atom. The number of aromatic nitrogens is 1. The second kappa shape index (κ2) is 4.62. The van der Waals surface area contributed by atoms with Crippen molar-refractivity contribution in [3.05, 3.63) is 46.1 Å². The molecule has 3 nitrogen and oxygen atoms in total. The van der Waals surface area contributed by atoms with E-state index < -0.39 is 0 Å². The lowest BCUT2D eigenvalue weighted by Crippen LogP contribution is -1.96. The van der Waals surface area contributed by atoms with Crippen LogP contribution in [-0.4, -0.2) is 4.98 Å². The molecule has 1 aromatic carbocycles. The highest BCUT2D eigenvalue weighted by Crippen LogP contribution is 2.36. The summed E-state index contributed by atoms with van der Waals surface area (Å²) in [6, 6.07) is 10.2. The Morgan fingerprint density at radius 3 is 2.35 bits per heavy atom. The van der Waals surface area contributed by atoms with Crippen LogP contribution in [0.3, 0.4) is 0 Å². The van der Waals surface area contributed by atoms with Crippen LogP contribution < -0.4 is 5.73 Å². The molecule has 0 radical (unpaired) electrons. The smallest absolute Gasteiger partial charge is 0.141 e. The van der Waals surface area contributed by atoms with Crippen molar-refractivity contribution in [1.82, 2.24) is 4.98 Å². The van der Waals surface area contributed by atoms with Gasteiger partial charge in [0.05, 0.1) is 21.4 Å². The van der Waals surface area contributed by atoms with Crippen molar-refractivity contribution in [1.29, 1.82) is 5.26 Å². The standard InChI is InChI=1S/C12H7Cl2N3/c13-8-2-1-3-9(14)11(8)12-10(16)5-4-7(6-15)17-12/h1-5H,16H2. The highest BCUT2D eigenvalue weighted by atomic mass is 35.5. The van der Waals surface area contributed by atoms with Crippen LogP contribution in [0, 0.1) is 11.3 Å². The van der Waals surface area contributed by atoms with Crippen LogP contribution in [-0.2, 0) is 0 Å². The summed E-state index contributed by atoms with van der Waals surface area (Å²) < 4.78 is 0. The van der Waals surface area contributed by atoms with Crippen molar-refractivity contribution in [3.8, 4) is 17.3 Å². The second-order valence-corrected chi connectivity index (χ2v) is 4.16. The van der Waals surface area contributed by atoms with Gasteiger partial charge in [0.2, 0.25) is 0 Å². The van der Waals surface area contributed by atoms with Crippen molar-refractivity contribution < 1.29 is 0 Å². The van der Waals surface area contributed by atoms with Crippen molar-refractivity contribution in [2.24, 2.45) is 0 Å². The molecule has 1 aromatic heterocycles. The van der Waals surface area contributed by atoms with Gasteiger partial charge in [0.15, 0.2) is 0 Å². The summed E-state index contributed by atoms with van der Waals surface area (Å²) in [6.07, 6.45) is 0. The molecule has 0 aliphatic rings. The van der Waals surface area contributed by atoms with Crippen LogP contribution in [0.4, 0.5) is 5.69 Å². The summed E-state index contributed by atoms with van der Waals surface area (Å²) in [5, 5.41) is 9.72. The molecule has 0 bridgehead atoms. The maximum absolute atomic E-state index is 8.82. The van der Waals surface area contributed by atoms with Crippen LogP contribution in [0.5, 0.6) is 0 Å². The van der Waals surface area contributed by atoms with Gasteiger partial charge in [-0.15, -0.1) is 0 Å². The normalized spacial score (nSPS) is 9.94. The monoisotopic (exact) mass is 263 g/mol. The van der Waals surface area contributed by atoms with Crippen LogP contribution in [0.25, 0.3) is 11.3 Å². The Balaban J connectivity index is 2.73. The average Bonchev–Trinajstić information content (AvgIpc) is 2.31. The average molecular weight is 264 g/mol. The van der Waals surface area contributed by atoms with Crippen molar-refractivity contribution in [2.45, 2.75) is 0 Å². The topological polar surface area (TPSA) is 62.7 Å².